The SMILES string of the molecule is CCNC(=O)C(Cc1ccccc1)N(Cc1cccc(C)c1)C(=O)CN(c1ccccc1Br)S(C)(=O)=O. The molecule has 0 aliphatic carbocycles. The molecule has 0 heterocycles. The summed E-state index contributed by atoms with van der Waals surface area (Å²) in [6, 6.07) is 23.2. The fourth-order valence-electron chi connectivity index (χ4n) is 4.10. The Morgan fingerprint density at radius 1 is 0.946 bits per heavy atom. The summed E-state index contributed by atoms with van der Waals surface area (Å²) in [5.41, 5.74) is 3.12. The van der Waals surface area contributed by atoms with Crippen LogP contribution in [0.15, 0.2) is 83.3 Å². The van der Waals surface area contributed by atoms with Crippen LogP contribution < -0.4 is 9.62 Å². The Morgan fingerprint density at radius 3 is 2.22 bits per heavy atom. The van der Waals surface area contributed by atoms with Crippen molar-refractivity contribution in [2.75, 3.05) is 23.7 Å². The zero-order valence-electron chi connectivity index (χ0n) is 21.2. The number of benzene rings is 3. The van der Waals surface area contributed by atoms with Crippen molar-refractivity contribution in [3.8, 4) is 0 Å². The molecule has 3 aromatic rings. The van der Waals surface area contributed by atoms with Crippen molar-refractivity contribution in [2.24, 2.45) is 0 Å². The molecule has 0 fully saturated rings. The smallest absolute Gasteiger partial charge is 0.244 e. The number of carbonyl (C=O) groups excluding carboxylic acids is 2. The van der Waals surface area contributed by atoms with Crippen LogP contribution in [-0.2, 0) is 32.6 Å². The van der Waals surface area contributed by atoms with E-state index < -0.39 is 28.5 Å². The average molecular weight is 587 g/mol. The third-order valence-corrected chi connectivity index (χ3v) is 7.65. The number of amides is 2. The van der Waals surface area contributed by atoms with Crippen LogP contribution in [0.5, 0.6) is 0 Å². The zero-order valence-corrected chi connectivity index (χ0v) is 23.6. The number of likely N-dealkylation sites (N-methyl/N-ethyl adjacent to an activating group) is 1. The minimum Gasteiger partial charge on any atom is -0.355 e. The van der Waals surface area contributed by atoms with Crippen LogP contribution in [0.3, 0.4) is 0 Å². The summed E-state index contributed by atoms with van der Waals surface area (Å²) in [6.45, 7) is 3.89. The zero-order chi connectivity index (χ0) is 27.0. The van der Waals surface area contributed by atoms with E-state index in [0.717, 1.165) is 27.3 Å². The lowest BCUT2D eigenvalue weighted by Gasteiger charge is -2.33. The van der Waals surface area contributed by atoms with Gasteiger partial charge in [-0.25, -0.2) is 8.42 Å². The third kappa shape index (κ3) is 7.90. The Kier molecular flexibility index (Phi) is 9.88. The summed E-state index contributed by atoms with van der Waals surface area (Å²) in [6.07, 6.45) is 1.36. The number of halogens is 1. The van der Waals surface area contributed by atoms with E-state index >= 15 is 0 Å². The highest BCUT2D eigenvalue weighted by Gasteiger charge is 2.33. The van der Waals surface area contributed by atoms with Gasteiger partial charge in [-0.05, 0) is 53.0 Å². The molecular formula is C28H32BrN3O4S. The Bertz CT molecular complexity index is 1330. The van der Waals surface area contributed by atoms with Crippen molar-refractivity contribution in [3.63, 3.8) is 0 Å². The Morgan fingerprint density at radius 2 is 1.59 bits per heavy atom. The Hall–Kier alpha value is -3.17. The molecule has 37 heavy (non-hydrogen) atoms. The number of nitrogens with zero attached hydrogens (tertiary/aromatic N) is 2. The molecule has 1 atom stereocenters. The molecule has 1 unspecified atom stereocenters. The number of aryl methyl sites for hydroxylation is 1. The van der Waals surface area contributed by atoms with E-state index in [1.165, 1.54) is 4.90 Å². The molecule has 196 valence electrons. The van der Waals surface area contributed by atoms with Gasteiger partial charge in [-0.3, -0.25) is 13.9 Å². The molecule has 3 aromatic carbocycles. The predicted octanol–water partition coefficient (Wildman–Crippen LogP) is 4.30. The number of anilines is 1. The van der Waals surface area contributed by atoms with Crippen molar-refractivity contribution < 1.29 is 18.0 Å². The monoisotopic (exact) mass is 585 g/mol. The number of hydrogen-bond acceptors (Lipinski definition) is 4. The number of rotatable bonds is 11. The van der Waals surface area contributed by atoms with E-state index in [2.05, 4.69) is 21.2 Å². The first-order chi connectivity index (χ1) is 17.6. The van der Waals surface area contributed by atoms with Crippen molar-refractivity contribution in [1.29, 1.82) is 0 Å². The second-order valence-corrected chi connectivity index (χ2v) is 11.6. The van der Waals surface area contributed by atoms with Gasteiger partial charge in [-0.1, -0.05) is 72.3 Å². The van der Waals surface area contributed by atoms with Gasteiger partial charge in [-0.15, -0.1) is 0 Å². The lowest BCUT2D eigenvalue weighted by atomic mass is 10.0. The van der Waals surface area contributed by atoms with Gasteiger partial charge in [0.15, 0.2) is 0 Å². The van der Waals surface area contributed by atoms with E-state index in [1.807, 2.05) is 68.4 Å². The average Bonchev–Trinajstić information content (AvgIpc) is 2.85. The normalized spacial score (nSPS) is 12.0. The molecule has 0 aromatic heterocycles. The van der Waals surface area contributed by atoms with Crippen molar-refractivity contribution in [1.82, 2.24) is 10.2 Å². The van der Waals surface area contributed by atoms with Gasteiger partial charge in [0, 0.05) is 24.0 Å². The quantitative estimate of drug-likeness (QED) is 0.363. The molecule has 0 aliphatic rings. The van der Waals surface area contributed by atoms with E-state index in [0.29, 0.717) is 16.7 Å². The maximum atomic E-state index is 13.9. The van der Waals surface area contributed by atoms with Crippen LogP contribution in [0.1, 0.15) is 23.6 Å². The minimum absolute atomic E-state index is 0.155. The minimum atomic E-state index is -3.81. The summed E-state index contributed by atoms with van der Waals surface area (Å²) in [5.74, 6) is -0.769. The van der Waals surface area contributed by atoms with E-state index in [9.17, 15) is 18.0 Å². The van der Waals surface area contributed by atoms with Crippen LogP contribution in [0.4, 0.5) is 5.69 Å². The first kappa shape index (κ1) is 28.4. The fourth-order valence-corrected chi connectivity index (χ4v) is 5.58. The maximum absolute atomic E-state index is 13.9. The lowest BCUT2D eigenvalue weighted by Crippen LogP contribution is -2.53. The summed E-state index contributed by atoms with van der Waals surface area (Å²) in [7, 11) is -3.81. The second kappa shape index (κ2) is 12.9. The van der Waals surface area contributed by atoms with Crippen molar-refractivity contribution in [3.05, 3.63) is 100 Å². The lowest BCUT2D eigenvalue weighted by molar-refractivity contribution is -0.140. The molecule has 7 nitrogen and oxygen atoms in total. The molecule has 2 amide bonds. The van der Waals surface area contributed by atoms with E-state index in [4.69, 9.17) is 0 Å². The molecule has 0 spiro atoms. The van der Waals surface area contributed by atoms with Gasteiger partial charge in [0.1, 0.15) is 12.6 Å². The number of carbonyl (C=O) groups is 2. The molecule has 9 heteroatoms. The van der Waals surface area contributed by atoms with Crippen LogP contribution in [0.25, 0.3) is 0 Å². The third-order valence-electron chi connectivity index (χ3n) is 5.86. The van der Waals surface area contributed by atoms with Gasteiger partial charge in [0.2, 0.25) is 21.8 Å². The highest BCUT2D eigenvalue weighted by atomic mass is 79.9. The van der Waals surface area contributed by atoms with Gasteiger partial charge >= 0.3 is 0 Å². The highest BCUT2D eigenvalue weighted by molar-refractivity contribution is 9.10. The number of sulfonamides is 1. The molecule has 0 radical (unpaired) electrons. The van der Waals surface area contributed by atoms with Crippen LogP contribution in [0, 0.1) is 6.92 Å². The van der Waals surface area contributed by atoms with Gasteiger partial charge in [0.05, 0.1) is 11.9 Å². The fraction of sp³-hybridized carbons (Fsp3) is 0.286. The summed E-state index contributed by atoms with van der Waals surface area (Å²) in [5, 5.41) is 2.85. The molecule has 0 saturated heterocycles. The number of hydrogen-bond donors (Lipinski definition) is 1. The number of para-hydroxylation sites is 1. The van der Waals surface area contributed by atoms with Crippen molar-refractivity contribution in [2.45, 2.75) is 32.9 Å². The molecule has 3 rings (SSSR count). The van der Waals surface area contributed by atoms with Gasteiger partial charge in [-0.2, -0.15) is 0 Å². The topological polar surface area (TPSA) is 86.8 Å². The Labute approximate surface area is 227 Å². The largest absolute Gasteiger partial charge is 0.355 e. The summed E-state index contributed by atoms with van der Waals surface area (Å²) < 4.78 is 27.2. The number of nitrogens with one attached hydrogen (secondary N) is 1. The Balaban J connectivity index is 2.05. The summed E-state index contributed by atoms with van der Waals surface area (Å²) in [4.78, 5) is 28.7. The predicted molar refractivity (Wildman–Crippen MR) is 151 cm³/mol. The molecule has 0 saturated carbocycles. The summed E-state index contributed by atoms with van der Waals surface area (Å²) >= 11 is 3.40. The molecular weight excluding hydrogens is 554 g/mol. The maximum Gasteiger partial charge on any atom is 0.244 e. The van der Waals surface area contributed by atoms with Gasteiger partial charge < -0.3 is 10.2 Å². The standard InChI is InChI=1S/C28H32BrN3O4S/c1-4-30-28(34)26(18-22-12-6-5-7-13-22)31(19-23-14-10-11-21(2)17-23)27(33)20-32(37(3,35)36)25-16-9-8-15-24(25)29/h5-17,26H,4,18-20H2,1-3H3,(H,30,34). The molecule has 0 bridgehead atoms. The van der Waals surface area contributed by atoms with Crippen LogP contribution >= 0.6 is 15.9 Å². The molecule has 1 N–H and O–H groups in total. The first-order valence-electron chi connectivity index (χ1n) is 12.0. The van der Waals surface area contributed by atoms with Crippen LogP contribution in [0.2, 0.25) is 0 Å². The van der Waals surface area contributed by atoms with Crippen molar-refractivity contribution >= 4 is 43.5 Å². The second-order valence-electron chi connectivity index (χ2n) is 8.83. The van der Waals surface area contributed by atoms with Crippen LogP contribution in [-0.4, -0.2) is 50.5 Å². The van der Waals surface area contributed by atoms with E-state index in [-0.39, 0.29) is 18.9 Å². The van der Waals surface area contributed by atoms with Gasteiger partial charge in [0.25, 0.3) is 0 Å². The first-order valence-corrected chi connectivity index (χ1v) is 14.6. The molecule has 0 aliphatic heterocycles. The van der Waals surface area contributed by atoms with E-state index in [1.54, 1.807) is 24.3 Å². The highest BCUT2D eigenvalue weighted by Crippen LogP contribution is 2.28.